The number of benzene rings is 2. The highest BCUT2D eigenvalue weighted by molar-refractivity contribution is 5.91. The number of halogens is 7. The van der Waals surface area contributed by atoms with Gasteiger partial charge in [-0.25, -0.2) is 4.39 Å². The SMILES string of the molecule is Cc1cc(F)ccc1[C@@H]1[C@@H](O[C@H](C)c2cc(C(F)(F)F)cc(C(F)(F)F)c2)OC[C@@H]2CN(C3=CC(=O)CCC3)C[C@H]21. The fourth-order valence-electron chi connectivity index (χ4n) is 6.27. The molecule has 0 aromatic heterocycles. The quantitative estimate of drug-likeness (QED) is 0.340. The summed E-state index contributed by atoms with van der Waals surface area (Å²) in [5.41, 5.74) is -0.825. The molecule has 0 radical (unpaired) electrons. The number of likely N-dealkylation sites (tertiary alicyclic amines) is 1. The Bertz CT molecular complexity index is 1300. The number of aryl methyl sites for hydroxylation is 1. The number of rotatable bonds is 5. The molecule has 0 spiro atoms. The van der Waals surface area contributed by atoms with E-state index >= 15 is 0 Å². The average Bonchev–Trinajstić information content (AvgIpc) is 3.32. The maximum atomic E-state index is 14.0. The Kier molecular flexibility index (Phi) is 7.97. The number of alkyl halides is 6. The van der Waals surface area contributed by atoms with E-state index in [0.717, 1.165) is 24.1 Å². The summed E-state index contributed by atoms with van der Waals surface area (Å²) < 4.78 is 107. The van der Waals surface area contributed by atoms with Gasteiger partial charge in [0, 0.05) is 43.1 Å². The van der Waals surface area contributed by atoms with Crippen LogP contribution in [-0.2, 0) is 26.6 Å². The number of hydrogen-bond donors (Lipinski definition) is 0. The highest BCUT2D eigenvalue weighted by atomic mass is 19.4. The Labute approximate surface area is 233 Å². The molecule has 41 heavy (non-hydrogen) atoms. The highest BCUT2D eigenvalue weighted by Crippen LogP contribution is 2.47. The molecule has 0 N–H and O–H groups in total. The van der Waals surface area contributed by atoms with Crippen LogP contribution in [-0.4, -0.2) is 36.7 Å². The Morgan fingerprint density at radius 2 is 1.66 bits per heavy atom. The number of ketones is 1. The number of allylic oxidation sites excluding steroid dienone is 2. The van der Waals surface area contributed by atoms with Crippen molar-refractivity contribution in [2.75, 3.05) is 19.7 Å². The Balaban J connectivity index is 1.47. The lowest BCUT2D eigenvalue weighted by Gasteiger charge is -2.41. The molecule has 2 aromatic carbocycles. The van der Waals surface area contributed by atoms with Crippen molar-refractivity contribution < 1.29 is 45.0 Å². The lowest BCUT2D eigenvalue weighted by Crippen LogP contribution is -2.42. The molecule has 3 aliphatic rings. The number of nitrogens with zero attached hydrogens (tertiary/aromatic N) is 1. The van der Waals surface area contributed by atoms with Crippen LogP contribution in [0.4, 0.5) is 30.7 Å². The molecular formula is C30H30F7NO3. The minimum atomic E-state index is -4.99. The number of carbonyl (C=O) groups excluding carboxylic acids is 1. The summed E-state index contributed by atoms with van der Waals surface area (Å²) in [4.78, 5) is 14.2. The minimum Gasteiger partial charge on any atom is -0.374 e. The van der Waals surface area contributed by atoms with Crippen molar-refractivity contribution in [1.29, 1.82) is 0 Å². The lowest BCUT2D eigenvalue weighted by molar-refractivity contribution is -0.217. The molecule has 1 aliphatic carbocycles. The van der Waals surface area contributed by atoms with E-state index in [1.807, 2.05) is 0 Å². The van der Waals surface area contributed by atoms with Gasteiger partial charge in [-0.15, -0.1) is 0 Å². The fraction of sp³-hybridized carbons (Fsp3) is 0.500. The van der Waals surface area contributed by atoms with E-state index in [-0.39, 0.29) is 35.9 Å². The van der Waals surface area contributed by atoms with Crippen LogP contribution in [0.2, 0.25) is 0 Å². The van der Waals surface area contributed by atoms with Crippen LogP contribution in [0.15, 0.2) is 48.2 Å². The maximum absolute atomic E-state index is 14.0. The van der Waals surface area contributed by atoms with Gasteiger partial charge in [0.25, 0.3) is 0 Å². The zero-order chi connectivity index (χ0) is 29.7. The molecule has 2 fully saturated rings. The van der Waals surface area contributed by atoms with Crippen molar-refractivity contribution >= 4 is 5.78 Å². The van der Waals surface area contributed by atoms with Crippen LogP contribution >= 0.6 is 0 Å². The zero-order valence-electron chi connectivity index (χ0n) is 22.5. The summed E-state index contributed by atoms with van der Waals surface area (Å²) in [6.07, 6.45) is -8.47. The molecule has 0 bridgehead atoms. The highest BCUT2D eigenvalue weighted by Gasteiger charge is 2.48. The van der Waals surface area contributed by atoms with Gasteiger partial charge >= 0.3 is 12.4 Å². The third-order valence-corrected chi connectivity index (χ3v) is 8.32. The number of carbonyl (C=O) groups is 1. The van der Waals surface area contributed by atoms with Gasteiger partial charge in [-0.05, 0) is 79.6 Å². The summed E-state index contributed by atoms with van der Waals surface area (Å²) in [6, 6.07) is 5.71. The molecule has 11 heteroatoms. The molecule has 2 aliphatic heterocycles. The van der Waals surface area contributed by atoms with Gasteiger partial charge < -0.3 is 14.4 Å². The van der Waals surface area contributed by atoms with E-state index in [9.17, 15) is 35.5 Å². The second-order valence-corrected chi connectivity index (χ2v) is 11.1. The van der Waals surface area contributed by atoms with Gasteiger partial charge in [0.15, 0.2) is 12.1 Å². The van der Waals surface area contributed by atoms with Gasteiger partial charge in [-0.3, -0.25) is 4.79 Å². The monoisotopic (exact) mass is 585 g/mol. The smallest absolute Gasteiger partial charge is 0.374 e. The standard InChI is InChI=1S/C30H30F7NO3/c1-16-8-22(31)6-7-25(16)27-26-14-38(23-4-3-5-24(39)12-23)13-19(26)15-40-28(27)41-17(2)18-9-20(29(32,33)34)11-21(10-18)30(35,36)37/h6-12,17,19,26-28H,3-5,13-15H2,1-2H3/t17-,19+,26-,27+,28-/m1/s1. The number of fused-ring (bicyclic) bond motifs is 1. The number of ether oxygens (including phenoxy) is 2. The van der Waals surface area contributed by atoms with Crippen molar-refractivity contribution in [3.8, 4) is 0 Å². The average molecular weight is 586 g/mol. The van der Waals surface area contributed by atoms with Gasteiger partial charge in [0.2, 0.25) is 0 Å². The Morgan fingerprint density at radius 3 is 2.27 bits per heavy atom. The third kappa shape index (κ3) is 6.30. The van der Waals surface area contributed by atoms with Crippen LogP contribution in [0.25, 0.3) is 0 Å². The van der Waals surface area contributed by atoms with E-state index in [4.69, 9.17) is 9.47 Å². The summed E-state index contributed by atoms with van der Waals surface area (Å²) in [7, 11) is 0. The van der Waals surface area contributed by atoms with Crippen molar-refractivity contribution in [3.05, 3.63) is 81.8 Å². The van der Waals surface area contributed by atoms with Crippen LogP contribution in [0.1, 0.15) is 66.0 Å². The first kappa shape index (κ1) is 29.6. The van der Waals surface area contributed by atoms with Crippen LogP contribution < -0.4 is 0 Å². The Hall–Kier alpha value is -2.92. The third-order valence-electron chi connectivity index (χ3n) is 8.32. The van der Waals surface area contributed by atoms with Crippen LogP contribution in [0.3, 0.4) is 0 Å². The molecule has 2 aromatic rings. The van der Waals surface area contributed by atoms with E-state index in [1.54, 1.807) is 19.1 Å². The molecule has 5 atom stereocenters. The molecule has 2 heterocycles. The van der Waals surface area contributed by atoms with Crippen molar-refractivity contribution in [2.45, 2.75) is 63.8 Å². The summed E-state index contributed by atoms with van der Waals surface area (Å²) in [5, 5.41) is 0. The Morgan fingerprint density at radius 1 is 0.976 bits per heavy atom. The first-order valence-corrected chi connectivity index (χ1v) is 13.5. The molecule has 2 saturated heterocycles. The second-order valence-electron chi connectivity index (χ2n) is 11.1. The van der Waals surface area contributed by atoms with Gasteiger partial charge in [-0.1, -0.05) is 6.07 Å². The predicted octanol–water partition coefficient (Wildman–Crippen LogP) is 7.57. The van der Waals surface area contributed by atoms with Gasteiger partial charge in [0.1, 0.15) is 5.82 Å². The zero-order valence-corrected chi connectivity index (χ0v) is 22.5. The summed E-state index contributed by atoms with van der Waals surface area (Å²) in [6.45, 7) is 4.57. The predicted molar refractivity (Wildman–Crippen MR) is 135 cm³/mol. The second kappa shape index (κ2) is 11.1. The molecule has 4 nitrogen and oxygen atoms in total. The minimum absolute atomic E-state index is 0.0305. The summed E-state index contributed by atoms with van der Waals surface area (Å²) in [5.74, 6) is -0.890. The van der Waals surface area contributed by atoms with Crippen LogP contribution in [0.5, 0.6) is 0 Å². The van der Waals surface area contributed by atoms with Crippen molar-refractivity contribution in [2.24, 2.45) is 11.8 Å². The molecule has 222 valence electrons. The normalized spacial score (nSPS) is 26.1. The number of hydrogen-bond acceptors (Lipinski definition) is 4. The molecule has 0 unspecified atom stereocenters. The van der Waals surface area contributed by atoms with Crippen molar-refractivity contribution in [3.63, 3.8) is 0 Å². The van der Waals surface area contributed by atoms with Crippen LogP contribution in [0, 0.1) is 24.6 Å². The molecule has 5 rings (SSSR count). The van der Waals surface area contributed by atoms with E-state index in [1.165, 1.54) is 19.1 Å². The fourth-order valence-corrected chi connectivity index (χ4v) is 6.27. The molecule has 0 saturated carbocycles. The molecule has 0 amide bonds. The van der Waals surface area contributed by atoms with E-state index < -0.39 is 47.6 Å². The van der Waals surface area contributed by atoms with Gasteiger partial charge in [0.05, 0.1) is 23.8 Å². The van der Waals surface area contributed by atoms with E-state index in [0.29, 0.717) is 37.2 Å². The topological polar surface area (TPSA) is 38.8 Å². The van der Waals surface area contributed by atoms with E-state index in [2.05, 4.69) is 4.90 Å². The first-order valence-electron chi connectivity index (χ1n) is 13.5. The van der Waals surface area contributed by atoms with Crippen molar-refractivity contribution in [1.82, 2.24) is 4.90 Å². The largest absolute Gasteiger partial charge is 0.416 e. The maximum Gasteiger partial charge on any atom is 0.416 e. The lowest BCUT2D eigenvalue weighted by atomic mass is 9.76. The van der Waals surface area contributed by atoms with Gasteiger partial charge in [-0.2, -0.15) is 26.3 Å². The summed E-state index contributed by atoms with van der Waals surface area (Å²) >= 11 is 0. The first-order chi connectivity index (χ1) is 19.2. The molecular weight excluding hydrogens is 555 g/mol.